The lowest BCUT2D eigenvalue weighted by Crippen LogP contribution is -2.23. The fraction of sp³-hybridized carbons (Fsp3) is 0.200. The number of aromatic nitrogens is 2. The Hall–Kier alpha value is -1.44. The van der Waals surface area contributed by atoms with Gasteiger partial charge in [-0.25, -0.2) is 18.1 Å². The van der Waals surface area contributed by atoms with E-state index in [1.807, 2.05) is 0 Å². The number of aryl methyl sites for hydroxylation is 1. The Morgan fingerprint density at radius 2 is 2.22 bits per heavy atom. The Bertz CT molecular complexity index is 637. The van der Waals surface area contributed by atoms with E-state index >= 15 is 0 Å². The van der Waals surface area contributed by atoms with E-state index in [1.54, 1.807) is 13.0 Å². The van der Waals surface area contributed by atoms with Gasteiger partial charge in [0.2, 0.25) is 10.0 Å². The summed E-state index contributed by atoms with van der Waals surface area (Å²) in [6.45, 7) is 1.79. The number of sulfonamides is 1. The van der Waals surface area contributed by atoms with Gasteiger partial charge in [-0.1, -0.05) is 16.8 Å². The Labute approximate surface area is 109 Å². The zero-order valence-corrected chi connectivity index (χ0v) is 11.0. The maximum absolute atomic E-state index is 11.9. The smallest absolute Gasteiger partial charge is 0.242 e. The van der Waals surface area contributed by atoms with Crippen LogP contribution >= 0.6 is 11.6 Å². The van der Waals surface area contributed by atoms with Crippen LogP contribution in [0.2, 0.25) is 5.15 Å². The second-order valence-corrected chi connectivity index (χ2v) is 5.73. The van der Waals surface area contributed by atoms with Crippen molar-refractivity contribution < 1.29 is 12.9 Å². The van der Waals surface area contributed by atoms with Crippen LogP contribution in [-0.4, -0.2) is 18.6 Å². The zero-order valence-electron chi connectivity index (χ0n) is 9.42. The molecule has 0 aliphatic carbocycles. The molecule has 96 valence electrons. The second kappa shape index (κ2) is 5.05. The monoisotopic (exact) mass is 287 g/mol. The van der Waals surface area contributed by atoms with Gasteiger partial charge in [0.15, 0.2) is 5.76 Å². The quantitative estimate of drug-likeness (QED) is 0.862. The van der Waals surface area contributed by atoms with Gasteiger partial charge in [0, 0.05) is 12.3 Å². The Morgan fingerprint density at radius 1 is 1.44 bits per heavy atom. The molecule has 0 atom stereocenters. The summed E-state index contributed by atoms with van der Waals surface area (Å²) in [5.74, 6) is 0.443. The van der Waals surface area contributed by atoms with Gasteiger partial charge in [-0.2, -0.15) is 0 Å². The summed E-state index contributed by atoms with van der Waals surface area (Å²) in [7, 11) is -3.62. The summed E-state index contributed by atoms with van der Waals surface area (Å²) >= 11 is 5.59. The van der Waals surface area contributed by atoms with Crippen molar-refractivity contribution in [3.63, 3.8) is 0 Å². The lowest BCUT2D eigenvalue weighted by molar-refractivity contribution is 0.377. The number of rotatable bonds is 4. The normalized spacial score (nSPS) is 11.7. The van der Waals surface area contributed by atoms with Crippen molar-refractivity contribution in [3.05, 3.63) is 41.0 Å². The largest absolute Gasteiger partial charge is 0.360 e. The summed E-state index contributed by atoms with van der Waals surface area (Å²) in [6, 6.07) is 4.45. The summed E-state index contributed by atoms with van der Waals surface area (Å²) < 4.78 is 31.0. The third-order valence-corrected chi connectivity index (χ3v) is 3.73. The Kier molecular flexibility index (Phi) is 3.65. The molecule has 0 spiro atoms. The van der Waals surface area contributed by atoms with Gasteiger partial charge in [0.05, 0.1) is 12.2 Å². The van der Waals surface area contributed by atoms with Crippen molar-refractivity contribution in [3.8, 4) is 0 Å². The van der Waals surface area contributed by atoms with Crippen molar-refractivity contribution in [2.75, 3.05) is 0 Å². The van der Waals surface area contributed by atoms with Crippen molar-refractivity contribution >= 4 is 21.6 Å². The van der Waals surface area contributed by atoms with E-state index in [4.69, 9.17) is 16.1 Å². The van der Waals surface area contributed by atoms with Crippen molar-refractivity contribution in [2.45, 2.75) is 18.4 Å². The number of hydrogen-bond donors (Lipinski definition) is 1. The molecule has 1 N–H and O–H groups in total. The average Bonchev–Trinajstić information content (AvgIpc) is 2.73. The van der Waals surface area contributed by atoms with Gasteiger partial charge >= 0.3 is 0 Å². The molecule has 0 amide bonds. The second-order valence-electron chi connectivity index (χ2n) is 3.58. The van der Waals surface area contributed by atoms with Gasteiger partial charge in [-0.15, -0.1) is 0 Å². The molecule has 8 heteroatoms. The van der Waals surface area contributed by atoms with E-state index in [0.29, 0.717) is 11.5 Å². The number of nitrogens with one attached hydrogen (secondary N) is 1. The maximum Gasteiger partial charge on any atom is 0.242 e. The molecular formula is C10H10ClN3O3S. The maximum atomic E-state index is 11.9. The summed E-state index contributed by atoms with van der Waals surface area (Å²) in [4.78, 5) is 3.76. The van der Waals surface area contributed by atoms with Crippen LogP contribution in [0.3, 0.4) is 0 Å². The highest BCUT2D eigenvalue weighted by molar-refractivity contribution is 7.89. The molecular weight excluding hydrogens is 278 g/mol. The molecule has 0 saturated heterocycles. The van der Waals surface area contributed by atoms with Gasteiger partial charge in [-0.3, -0.25) is 0 Å². The summed E-state index contributed by atoms with van der Waals surface area (Å²) in [5.41, 5.74) is 0.692. The lowest BCUT2D eigenvalue weighted by Gasteiger charge is -2.04. The lowest BCUT2D eigenvalue weighted by atomic mass is 10.4. The molecule has 0 fully saturated rings. The van der Waals surface area contributed by atoms with E-state index in [-0.39, 0.29) is 16.6 Å². The Balaban J connectivity index is 2.10. The molecule has 2 aromatic heterocycles. The third kappa shape index (κ3) is 3.06. The fourth-order valence-corrected chi connectivity index (χ4v) is 2.32. The molecule has 0 bridgehead atoms. The van der Waals surface area contributed by atoms with Crippen LogP contribution in [0.5, 0.6) is 0 Å². The molecule has 2 aromatic rings. The van der Waals surface area contributed by atoms with Crippen molar-refractivity contribution in [1.29, 1.82) is 0 Å². The standard InChI is InChI=1S/C10H10ClN3O3S/c1-7-4-8(17-14-7)5-13-18(15,16)9-2-3-10(11)12-6-9/h2-4,6,13H,5H2,1H3. The first-order chi connectivity index (χ1) is 8.47. The molecule has 0 aromatic carbocycles. The van der Waals surface area contributed by atoms with E-state index in [2.05, 4.69) is 14.9 Å². The molecule has 6 nitrogen and oxygen atoms in total. The molecule has 0 aliphatic heterocycles. The van der Waals surface area contributed by atoms with Crippen LogP contribution in [0.4, 0.5) is 0 Å². The zero-order chi connectivity index (χ0) is 13.2. The average molecular weight is 288 g/mol. The van der Waals surface area contributed by atoms with E-state index in [9.17, 15) is 8.42 Å². The van der Waals surface area contributed by atoms with Crippen molar-refractivity contribution in [2.24, 2.45) is 0 Å². The summed E-state index contributed by atoms with van der Waals surface area (Å²) in [6.07, 6.45) is 1.19. The molecule has 0 aliphatic rings. The van der Waals surface area contributed by atoms with Crippen molar-refractivity contribution in [1.82, 2.24) is 14.9 Å². The van der Waals surface area contributed by atoms with Gasteiger partial charge in [-0.05, 0) is 19.1 Å². The first kappa shape index (κ1) is 13.0. The number of nitrogens with zero attached hydrogens (tertiary/aromatic N) is 2. The number of pyridine rings is 1. The topological polar surface area (TPSA) is 85.1 Å². The third-order valence-electron chi connectivity index (χ3n) is 2.12. The Morgan fingerprint density at radius 3 is 2.78 bits per heavy atom. The SMILES string of the molecule is Cc1cc(CNS(=O)(=O)c2ccc(Cl)nc2)on1. The minimum atomic E-state index is -3.62. The van der Waals surface area contributed by atoms with Crippen LogP contribution in [0.15, 0.2) is 33.8 Å². The van der Waals surface area contributed by atoms with Crippen LogP contribution in [0.25, 0.3) is 0 Å². The van der Waals surface area contributed by atoms with Gasteiger partial charge in [0.1, 0.15) is 10.0 Å². The fourth-order valence-electron chi connectivity index (χ4n) is 1.27. The molecule has 18 heavy (non-hydrogen) atoms. The first-order valence-electron chi connectivity index (χ1n) is 5.01. The van der Waals surface area contributed by atoms with E-state index < -0.39 is 10.0 Å². The van der Waals surface area contributed by atoms with E-state index in [1.165, 1.54) is 18.3 Å². The van der Waals surface area contributed by atoms with Crippen LogP contribution in [0, 0.1) is 6.92 Å². The van der Waals surface area contributed by atoms with Crippen LogP contribution in [0.1, 0.15) is 11.5 Å². The molecule has 2 rings (SSSR count). The molecule has 0 radical (unpaired) electrons. The highest BCUT2D eigenvalue weighted by atomic mass is 35.5. The number of halogens is 1. The first-order valence-corrected chi connectivity index (χ1v) is 6.87. The predicted molar refractivity (Wildman–Crippen MR) is 64.5 cm³/mol. The van der Waals surface area contributed by atoms with E-state index in [0.717, 1.165) is 0 Å². The van der Waals surface area contributed by atoms with Crippen LogP contribution in [-0.2, 0) is 16.6 Å². The molecule has 0 saturated carbocycles. The highest BCUT2D eigenvalue weighted by Gasteiger charge is 2.15. The van der Waals surface area contributed by atoms with Gasteiger partial charge < -0.3 is 4.52 Å². The minimum absolute atomic E-state index is 0.0335. The molecule has 0 unspecified atom stereocenters. The van der Waals surface area contributed by atoms with Crippen LogP contribution < -0.4 is 4.72 Å². The predicted octanol–water partition coefficient (Wildman–Crippen LogP) is 1.51. The molecule has 2 heterocycles. The van der Waals surface area contributed by atoms with Gasteiger partial charge in [0.25, 0.3) is 0 Å². The highest BCUT2D eigenvalue weighted by Crippen LogP contribution is 2.11. The number of hydrogen-bond acceptors (Lipinski definition) is 5. The minimum Gasteiger partial charge on any atom is -0.360 e. The summed E-state index contributed by atoms with van der Waals surface area (Å²) in [5, 5.41) is 3.90.